The number of hydrogen-bond donors (Lipinski definition) is 0. The zero-order valence-corrected chi connectivity index (χ0v) is 27.7. The quantitative estimate of drug-likeness (QED) is 0.0990. The zero-order valence-electron chi connectivity index (χ0n) is 27.7. The van der Waals surface area contributed by atoms with E-state index in [1.165, 1.54) is 35.3 Å². The van der Waals surface area contributed by atoms with Crippen LogP contribution < -0.4 is 4.74 Å². The van der Waals surface area contributed by atoms with Crippen molar-refractivity contribution in [2.75, 3.05) is 19.8 Å². The van der Waals surface area contributed by atoms with Crippen LogP contribution in [0.5, 0.6) is 5.75 Å². The van der Waals surface area contributed by atoms with Crippen molar-refractivity contribution in [3.8, 4) is 5.75 Å². The first-order valence-corrected chi connectivity index (χ1v) is 17.6. The van der Waals surface area contributed by atoms with Gasteiger partial charge in [-0.05, 0) is 131 Å². The lowest BCUT2D eigenvalue weighted by molar-refractivity contribution is -0.185. The maximum Gasteiger partial charge on any atom is 0.330 e. The molecule has 1 aliphatic carbocycles. The predicted molar refractivity (Wildman–Crippen MR) is 183 cm³/mol. The maximum absolute atomic E-state index is 12.1. The van der Waals surface area contributed by atoms with Gasteiger partial charge in [0.05, 0.1) is 13.2 Å². The van der Waals surface area contributed by atoms with Crippen LogP contribution in [0.25, 0.3) is 0 Å². The number of ether oxygens (including phenoxy) is 4. The summed E-state index contributed by atoms with van der Waals surface area (Å²) in [5.41, 5.74) is 3.76. The van der Waals surface area contributed by atoms with Crippen LogP contribution in [0.3, 0.4) is 0 Å². The second kappa shape index (κ2) is 19.3. The molecule has 0 amide bonds. The lowest BCUT2D eigenvalue weighted by Gasteiger charge is -2.45. The molecule has 2 fully saturated rings. The molecule has 1 saturated heterocycles. The van der Waals surface area contributed by atoms with E-state index in [1.54, 1.807) is 0 Å². The molecule has 0 N–H and O–H groups in total. The van der Waals surface area contributed by atoms with Gasteiger partial charge in [-0.1, -0.05) is 56.0 Å². The predicted octanol–water partition coefficient (Wildman–Crippen LogP) is 8.69. The van der Waals surface area contributed by atoms with Gasteiger partial charge in [0, 0.05) is 18.8 Å². The van der Waals surface area contributed by atoms with E-state index in [9.17, 15) is 9.59 Å². The summed E-state index contributed by atoms with van der Waals surface area (Å²) >= 11 is 0. The molecular formula is C40H54O6. The van der Waals surface area contributed by atoms with E-state index < -0.39 is 0 Å². The third-order valence-electron chi connectivity index (χ3n) is 9.67. The molecule has 0 aromatic heterocycles. The highest BCUT2D eigenvalue weighted by atomic mass is 16.6. The van der Waals surface area contributed by atoms with Gasteiger partial charge >= 0.3 is 11.9 Å². The molecule has 1 aliphatic heterocycles. The highest BCUT2D eigenvalue weighted by Crippen LogP contribution is 2.42. The number of esters is 2. The van der Waals surface area contributed by atoms with Gasteiger partial charge in [-0.25, -0.2) is 9.59 Å². The van der Waals surface area contributed by atoms with Crippen molar-refractivity contribution in [3.05, 3.63) is 90.5 Å². The number of benzene rings is 2. The second-order valence-electron chi connectivity index (χ2n) is 13.0. The minimum atomic E-state index is -0.354. The first-order valence-electron chi connectivity index (χ1n) is 17.6. The van der Waals surface area contributed by atoms with Gasteiger partial charge in [0.25, 0.3) is 0 Å². The Morgan fingerprint density at radius 3 is 2.00 bits per heavy atom. The zero-order chi connectivity index (χ0) is 32.5. The van der Waals surface area contributed by atoms with Crippen LogP contribution in [0.15, 0.2) is 73.8 Å². The Labute approximate surface area is 276 Å². The average molecular weight is 631 g/mol. The van der Waals surface area contributed by atoms with Gasteiger partial charge in [-0.15, -0.1) is 0 Å². The summed E-state index contributed by atoms with van der Waals surface area (Å²) < 4.78 is 23.2. The van der Waals surface area contributed by atoms with E-state index in [-0.39, 0.29) is 23.6 Å². The molecule has 0 bridgehead atoms. The van der Waals surface area contributed by atoms with Crippen molar-refractivity contribution in [2.24, 2.45) is 5.92 Å². The minimum Gasteiger partial charge on any atom is -0.494 e. The second-order valence-corrected chi connectivity index (χ2v) is 13.0. The van der Waals surface area contributed by atoms with Crippen LogP contribution in [0, 0.1) is 5.92 Å². The van der Waals surface area contributed by atoms with Crippen LogP contribution in [0.1, 0.15) is 100 Å². The number of aryl methyl sites for hydroxylation is 3. The van der Waals surface area contributed by atoms with Gasteiger partial charge in [-0.2, -0.15) is 0 Å². The third kappa shape index (κ3) is 11.8. The summed E-state index contributed by atoms with van der Waals surface area (Å²) in [6.07, 6.45) is 18.9. The van der Waals surface area contributed by atoms with E-state index >= 15 is 0 Å². The van der Waals surface area contributed by atoms with Gasteiger partial charge in [0.15, 0.2) is 0 Å². The maximum atomic E-state index is 12.1. The Bertz CT molecular complexity index is 1210. The number of carbonyl (C=O) groups excluding carboxylic acids is 2. The molecule has 0 radical (unpaired) electrons. The molecule has 1 unspecified atom stereocenters. The highest BCUT2D eigenvalue weighted by Gasteiger charge is 2.45. The Balaban J connectivity index is 1.11. The minimum absolute atomic E-state index is 0.159. The molecule has 1 atom stereocenters. The summed E-state index contributed by atoms with van der Waals surface area (Å²) in [6.45, 7) is 8.90. The number of unbranched alkanes of at least 4 members (excludes halogenated alkanes) is 3. The molecule has 2 aromatic carbocycles. The molecule has 2 aromatic rings. The van der Waals surface area contributed by atoms with Crippen molar-refractivity contribution in [3.63, 3.8) is 0 Å². The Kier molecular flexibility index (Phi) is 14.9. The molecule has 1 heterocycles. The normalized spacial score (nSPS) is 21.5. The first kappa shape index (κ1) is 35.5. The summed E-state index contributed by atoms with van der Waals surface area (Å²) in [5, 5.41) is 0. The lowest BCUT2D eigenvalue weighted by atomic mass is 9.72. The van der Waals surface area contributed by atoms with Crippen LogP contribution in [-0.2, 0) is 43.1 Å². The molecule has 1 saturated carbocycles. The number of hydrogen-bond acceptors (Lipinski definition) is 6. The van der Waals surface area contributed by atoms with Crippen LogP contribution in [-0.4, -0.2) is 43.5 Å². The average Bonchev–Trinajstić information content (AvgIpc) is 3.08. The van der Waals surface area contributed by atoms with Gasteiger partial charge < -0.3 is 18.9 Å². The summed E-state index contributed by atoms with van der Waals surface area (Å²) in [6, 6.07) is 17.6. The van der Waals surface area contributed by atoms with Gasteiger partial charge in [0.2, 0.25) is 0 Å². The van der Waals surface area contributed by atoms with E-state index in [0.29, 0.717) is 19.1 Å². The number of carbonyl (C=O) groups is 2. The van der Waals surface area contributed by atoms with Crippen molar-refractivity contribution < 1.29 is 28.5 Å². The van der Waals surface area contributed by atoms with E-state index in [4.69, 9.17) is 18.9 Å². The molecule has 4 rings (SSSR count). The van der Waals surface area contributed by atoms with Crippen molar-refractivity contribution in [2.45, 2.75) is 114 Å². The highest BCUT2D eigenvalue weighted by molar-refractivity contribution is 5.81. The van der Waals surface area contributed by atoms with Gasteiger partial charge in [-0.3, -0.25) is 0 Å². The van der Waals surface area contributed by atoms with E-state index in [1.807, 2.05) is 0 Å². The molecule has 1 spiro atoms. The molecule has 6 nitrogen and oxygen atoms in total. The third-order valence-corrected chi connectivity index (χ3v) is 9.67. The van der Waals surface area contributed by atoms with Crippen molar-refractivity contribution >= 4 is 11.9 Å². The SMILES string of the molecule is C=CC(=O)OCCCCCCOc1ccc(CCc2ccc(CCC3CCC4(CC3)OCCCCCC4OC(=O)C=C)cc2)cc1. The van der Waals surface area contributed by atoms with E-state index in [2.05, 4.69) is 61.7 Å². The fraction of sp³-hybridized carbons (Fsp3) is 0.550. The summed E-state index contributed by atoms with van der Waals surface area (Å²) in [4.78, 5) is 23.1. The molecule has 6 heteroatoms. The van der Waals surface area contributed by atoms with Gasteiger partial charge in [0.1, 0.15) is 17.5 Å². The smallest absolute Gasteiger partial charge is 0.330 e. The van der Waals surface area contributed by atoms with Crippen molar-refractivity contribution in [1.82, 2.24) is 0 Å². The largest absolute Gasteiger partial charge is 0.494 e. The van der Waals surface area contributed by atoms with Crippen LogP contribution >= 0.6 is 0 Å². The Morgan fingerprint density at radius 1 is 0.739 bits per heavy atom. The summed E-state index contributed by atoms with van der Waals surface area (Å²) in [7, 11) is 0. The topological polar surface area (TPSA) is 71.1 Å². The van der Waals surface area contributed by atoms with Crippen LogP contribution in [0.2, 0.25) is 0 Å². The number of rotatable bonds is 17. The standard InChI is InChI=1S/C40H54O6/c1-3-38(41)44-30-10-6-5-9-29-43-36-23-21-34(22-24-36)18-17-32-13-15-33(16-14-32)19-20-35-25-27-40(28-26-35)37(46-39(42)4-2)12-8-7-11-31-45-40/h3-4,13-16,21-24,35,37H,1-2,5-12,17-20,25-31H2. The molecule has 250 valence electrons. The fourth-order valence-corrected chi connectivity index (χ4v) is 6.78. The Morgan fingerprint density at radius 2 is 1.35 bits per heavy atom. The monoisotopic (exact) mass is 630 g/mol. The Hall–Kier alpha value is -3.38. The van der Waals surface area contributed by atoms with Crippen LogP contribution in [0.4, 0.5) is 0 Å². The molecular weight excluding hydrogens is 576 g/mol. The molecule has 2 aliphatic rings. The fourth-order valence-electron chi connectivity index (χ4n) is 6.78. The first-order chi connectivity index (χ1) is 22.5. The van der Waals surface area contributed by atoms with Crippen molar-refractivity contribution in [1.29, 1.82) is 0 Å². The summed E-state index contributed by atoms with van der Waals surface area (Å²) in [5.74, 6) is 0.911. The van der Waals surface area contributed by atoms with E-state index in [0.717, 1.165) is 109 Å². The molecule has 46 heavy (non-hydrogen) atoms. The lowest BCUT2D eigenvalue weighted by Crippen LogP contribution is -2.50.